The van der Waals surface area contributed by atoms with Crippen molar-refractivity contribution in [3.8, 4) is 0 Å². The lowest BCUT2D eigenvalue weighted by molar-refractivity contribution is -0.130. The number of aromatic nitrogens is 3. The SMILES string of the molecule is CN(CCC(=O)N1CCC(c2ccn[nH]2)C1)Cc1ccccn1. The van der Waals surface area contributed by atoms with Gasteiger partial charge in [0, 0.05) is 56.6 Å². The Morgan fingerprint density at radius 3 is 3.04 bits per heavy atom. The van der Waals surface area contributed by atoms with Crippen molar-refractivity contribution in [3.05, 3.63) is 48.0 Å². The highest BCUT2D eigenvalue weighted by molar-refractivity contribution is 5.76. The molecule has 2 aromatic rings. The minimum Gasteiger partial charge on any atom is -0.342 e. The highest BCUT2D eigenvalue weighted by Gasteiger charge is 2.27. The predicted molar refractivity (Wildman–Crippen MR) is 87.7 cm³/mol. The number of nitrogens with one attached hydrogen (secondary N) is 1. The molecule has 1 N–H and O–H groups in total. The van der Waals surface area contributed by atoms with Gasteiger partial charge in [-0.05, 0) is 31.7 Å². The molecule has 0 bridgehead atoms. The summed E-state index contributed by atoms with van der Waals surface area (Å²) in [7, 11) is 2.03. The van der Waals surface area contributed by atoms with Crippen LogP contribution in [0, 0.1) is 0 Å². The van der Waals surface area contributed by atoms with E-state index >= 15 is 0 Å². The lowest BCUT2D eigenvalue weighted by Gasteiger charge is -2.20. The van der Waals surface area contributed by atoms with Crippen molar-refractivity contribution in [3.63, 3.8) is 0 Å². The van der Waals surface area contributed by atoms with Crippen molar-refractivity contribution in [1.29, 1.82) is 0 Å². The molecule has 1 fully saturated rings. The molecule has 1 atom stereocenters. The number of pyridine rings is 1. The van der Waals surface area contributed by atoms with Gasteiger partial charge >= 0.3 is 0 Å². The molecule has 1 amide bonds. The number of hydrogen-bond donors (Lipinski definition) is 1. The summed E-state index contributed by atoms with van der Waals surface area (Å²) in [5, 5.41) is 7.01. The van der Waals surface area contributed by atoms with Gasteiger partial charge in [-0.2, -0.15) is 5.10 Å². The van der Waals surface area contributed by atoms with E-state index < -0.39 is 0 Å². The smallest absolute Gasteiger partial charge is 0.223 e. The maximum Gasteiger partial charge on any atom is 0.223 e. The van der Waals surface area contributed by atoms with Crippen LogP contribution in [0.25, 0.3) is 0 Å². The minimum absolute atomic E-state index is 0.236. The fraction of sp³-hybridized carbons (Fsp3) is 0.471. The second-order valence-corrected chi connectivity index (χ2v) is 6.15. The van der Waals surface area contributed by atoms with Crippen molar-refractivity contribution in [2.75, 3.05) is 26.7 Å². The predicted octanol–water partition coefficient (Wildman–Crippen LogP) is 1.64. The zero-order valence-corrected chi connectivity index (χ0v) is 13.5. The molecule has 0 aromatic carbocycles. The number of H-pyrrole nitrogens is 1. The normalized spacial score (nSPS) is 17.8. The summed E-state index contributed by atoms with van der Waals surface area (Å²) in [6, 6.07) is 7.91. The van der Waals surface area contributed by atoms with Gasteiger partial charge in [-0.1, -0.05) is 6.07 Å². The molecule has 23 heavy (non-hydrogen) atoms. The number of rotatable bonds is 6. The zero-order valence-electron chi connectivity index (χ0n) is 13.5. The van der Waals surface area contributed by atoms with Gasteiger partial charge in [-0.3, -0.25) is 14.9 Å². The number of carbonyl (C=O) groups is 1. The van der Waals surface area contributed by atoms with Crippen LogP contribution >= 0.6 is 0 Å². The topological polar surface area (TPSA) is 65.1 Å². The van der Waals surface area contributed by atoms with E-state index in [0.717, 1.165) is 44.0 Å². The molecule has 6 nitrogen and oxygen atoms in total. The van der Waals surface area contributed by atoms with Gasteiger partial charge in [-0.15, -0.1) is 0 Å². The van der Waals surface area contributed by atoms with E-state index in [2.05, 4.69) is 20.1 Å². The first-order valence-electron chi connectivity index (χ1n) is 8.08. The summed E-state index contributed by atoms with van der Waals surface area (Å²) >= 11 is 0. The monoisotopic (exact) mass is 313 g/mol. The van der Waals surface area contributed by atoms with Gasteiger partial charge in [0.1, 0.15) is 0 Å². The van der Waals surface area contributed by atoms with Crippen LogP contribution < -0.4 is 0 Å². The Hall–Kier alpha value is -2.21. The highest BCUT2D eigenvalue weighted by atomic mass is 16.2. The number of nitrogens with zero attached hydrogens (tertiary/aromatic N) is 4. The molecule has 6 heteroatoms. The Labute approximate surface area is 136 Å². The first kappa shape index (κ1) is 15.7. The standard InChI is InChI=1S/C17H23N5O/c1-21(13-15-4-2-3-8-18-15)10-7-17(23)22-11-6-14(12-22)16-5-9-19-20-16/h2-5,8-9,14H,6-7,10-13H2,1H3,(H,19,20). The maximum absolute atomic E-state index is 12.4. The average Bonchev–Trinajstić information content (AvgIpc) is 3.24. The Morgan fingerprint density at radius 2 is 2.30 bits per heavy atom. The van der Waals surface area contributed by atoms with Crippen molar-refractivity contribution >= 4 is 5.91 Å². The molecular weight excluding hydrogens is 290 g/mol. The van der Waals surface area contributed by atoms with Crippen molar-refractivity contribution in [1.82, 2.24) is 25.0 Å². The number of carbonyl (C=O) groups excluding carboxylic acids is 1. The summed E-state index contributed by atoms with van der Waals surface area (Å²) in [5.41, 5.74) is 2.16. The van der Waals surface area contributed by atoms with E-state index in [1.54, 1.807) is 12.4 Å². The minimum atomic E-state index is 0.236. The first-order valence-corrected chi connectivity index (χ1v) is 8.08. The van der Waals surface area contributed by atoms with Crippen LogP contribution in [0.15, 0.2) is 36.7 Å². The summed E-state index contributed by atoms with van der Waals surface area (Å²) < 4.78 is 0. The molecule has 0 aliphatic carbocycles. The van der Waals surface area contributed by atoms with Gasteiger partial charge in [0.15, 0.2) is 0 Å². The van der Waals surface area contributed by atoms with Crippen LogP contribution in [0.3, 0.4) is 0 Å². The second kappa shape index (κ2) is 7.37. The fourth-order valence-electron chi connectivity index (χ4n) is 3.03. The fourth-order valence-corrected chi connectivity index (χ4v) is 3.03. The van der Waals surface area contributed by atoms with Gasteiger partial charge in [0.25, 0.3) is 0 Å². The third-order valence-electron chi connectivity index (χ3n) is 4.37. The quantitative estimate of drug-likeness (QED) is 0.880. The molecule has 122 valence electrons. The third-order valence-corrected chi connectivity index (χ3v) is 4.37. The van der Waals surface area contributed by atoms with E-state index in [1.165, 1.54) is 0 Å². The molecule has 0 spiro atoms. The van der Waals surface area contributed by atoms with Crippen molar-refractivity contribution < 1.29 is 4.79 Å². The largest absolute Gasteiger partial charge is 0.342 e. The molecule has 3 heterocycles. The Kier molecular flexibility index (Phi) is 5.02. The molecule has 1 unspecified atom stereocenters. The van der Waals surface area contributed by atoms with E-state index in [0.29, 0.717) is 12.3 Å². The summed E-state index contributed by atoms with van der Waals surface area (Å²) in [4.78, 5) is 20.8. The Morgan fingerprint density at radius 1 is 1.39 bits per heavy atom. The number of likely N-dealkylation sites (tertiary alicyclic amines) is 1. The van der Waals surface area contributed by atoms with Crippen LogP contribution in [-0.2, 0) is 11.3 Å². The van der Waals surface area contributed by atoms with Crippen LogP contribution in [0.1, 0.15) is 30.1 Å². The summed E-state index contributed by atoms with van der Waals surface area (Å²) in [5.74, 6) is 0.632. The van der Waals surface area contributed by atoms with Crippen molar-refractivity contribution in [2.45, 2.75) is 25.3 Å². The third kappa shape index (κ3) is 4.16. The summed E-state index contributed by atoms with van der Waals surface area (Å²) in [6.45, 7) is 3.16. The van der Waals surface area contributed by atoms with Gasteiger partial charge in [0.2, 0.25) is 5.91 Å². The maximum atomic E-state index is 12.4. The molecule has 2 aromatic heterocycles. The lowest BCUT2D eigenvalue weighted by Crippen LogP contribution is -2.32. The number of hydrogen-bond acceptors (Lipinski definition) is 4. The van der Waals surface area contributed by atoms with Gasteiger partial charge in [-0.25, -0.2) is 0 Å². The molecule has 0 radical (unpaired) electrons. The van der Waals surface area contributed by atoms with Crippen molar-refractivity contribution in [2.24, 2.45) is 0 Å². The average molecular weight is 313 g/mol. The van der Waals surface area contributed by atoms with Crippen LogP contribution in [0.5, 0.6) is 0 Å². The van der Waals surface area contributed by atoms with E-state index in [-0.39, 0.29) is 5.91 Å². The molecule has 0 saturated carbocycles. The van der Waals surface area contributed by atoms with E-state index in [1.807, 2.05) is 36.2 Å². The molecule has 1 aliphatic rings. The highest BCUT2D eigenvalue weighted by Crippen LogP contribution is 2.25. The molecule has 3 rings (SSSR count). The summed E-state index contributed by atoms with van der Waals surface area (Å²) in [6.07, 6.45) is 5.14. The number of aromatic amines is 1. The molecule has 1 aliphatic heterocycles. The van der Waals surface area contributed by atoms with Gasteiger partial charge in [0.05, 0.1) is 5.69 Å². The lowest BCUT2D eigenvalue weighted by atomic mass is 10.1. The number of amides is 1. The zero-order chi connectivity index (χ0) is 16.1. The Bertz CT molecular complexity index is 613. The van der Waals surface area contributed by atoms with Crippen LogP contribution in [0.2, 0.25) is 0 Å². The molecular formula is C17H23N5O. The second-order valence-electron chi connectivity index (χ2n) is 6.15. The van der Waals surface area contributed by atoms with E-state index in [9.17, 15) is 4.79 Å². The van der Waals surface area contributed by atoms with Crippen LogP contribution in [-0.4, -0.2) is 57.6 Å². The molecule has 1 saturated heterocycles. The van der Waals surface area contributed by atoms with Gasteiger partial charge < -0.3 is 9.80 Å². The van der Waals surface area contributed by atoms with E-state index in [4.69, 9.17) is 0 Å². The Balaban J connectivity index is 1.43. The van der Waals surface area contributed by atoms with Crippen LogP contribution in [0.4, 0.5) is 0 Å². The first-order chi connectivity index (χ1) is 11.2.